The van der Waals surface area contributed by atoms with E-state index < -0.39 is 35.8 Å². The Labute approximate surface area is 374 Å². The van der Waals surface area contributed by atoms with Gasteiger partial charge in [-0.15, -0.1) is 15.3 Å². The molecule has 5 N–H and O–H groups in total. The molecule has 9 rings (SSSR count). The molecule has 0 radical (unpaired) electrons. The number of hydrogen-bond acceptors (Lipinski definition) is 13. The lowest BCUT2D eigenvalue weighted by Gasteiger charge is -2.41. The van der Waals surface area contributed by atoms with Gasteiger partial charge < -0.3 is 36.4 Å². The summed E-state index contributed by atoms with van der Waals surface area (Å²) in [5.41, 5.74) is 6.77. The highest BCUT2D eigenvalue weighted by Gasteiger charge is 2.37. The van der Waals surface area contributed by atoms with Crippen LogP contribution in [0.4, 0.5) is 55.2 Å². The van der Waals surface area contributed by atoms with Gasteiger partial charge in [0.05, 0.1) is 36.3 Å². The average Bonchev–Trinajstić information content (AvgIpc) is 3.74. The summed E-state index contributed by atoms with van der Waals surface area (Å²) >= 11 is 0. The minimum atomic E-state index is -4.67. The molecule has 2 atom stereocenters. The van der Waals surface area contributed by atoms with Gasteiger partial charge in [0.1, 0.15) is 24.5 Å². The summed E-state index contributed by atoms with van der Waals surface area (Å²) < 4.78 is 87.1. The fraction of sp³-hybridized carbons (Fsp3) is 0.311. The fourth-order valence-electron chi connectivity index (χ4n) is 8.67. The second-order valence-electron chi connectivity index (χ2n) is 16.6. The van der Waals surface area contributed by atoms with Crippen molar-refractivity contribution in [3.63, 3.8) is 0 Å². The molecule has 2 aliphatic heterocycles. The topological polar surface area (TPSA) is 171 Å². The highest BCUT2D eigenvalue weighted by molar-refractivity contribution is 6.01. The molecule has 342 valence electrons. The highest BCUT2D eigenvalue weighted by atomic mass is 19.4. The lowest BCUT2D eigenvalue weighted by molar-refractivity contribution is -0.138. The SMILES string of the molecule is Cc1c([C@H](Nc2nncc3ccc(N4CCn5ncnc5C4)cc23)Nc2nnc(N[C@H](N)c3cccc(C(F)(F)F)c3C)c3cc(N4CC(C(=O)N(C)C)C4)ccc23)cccc1C(F)(F)F. The lowest BCUT2D eigenvalue weighted by Crippen LogP contribution is -2.53. The molecule has 7 aromatic rings. The summed E-state index contributed by atoms with van der Waals surface area (Å²) in [6.45, 7) is 5.40. The Morgan fingerprint density at radius 2 is 1.35 bits per heavy atom. The first-order valence-electron chi connectivity index (χ1n) is 21.0. The van der Waals surface area contributed by atoms with E-state index in [1.807, 2.05) is 33.8 Å². The van der Waals surface area contributed by atoms with Crippen molar-refractivity contribution in [3.05, 3.63) is 125 Å². The molecule has 1 saturated heterocycles. The van der Waals surface area contributed by atoms with Crippen LogP contribution in [0.25, 0.3) is 21.5 Å². The molecule has 0 spiro atoms. The van der Waals surface area contributed by atoms with Crippen molar-refractivity contribution in [1.29, 1.82) is 0 Å². The number of rotatable bonds is 11. The molecular weight excluding hydrogens is 867 g/mol. The van der Waals surface area contributed by atoms with Gasteiger partial charge in [0.2, 0.25) is 5.91 Å². The maximum Gasteiger partial charge on any atom is 0.416 e. The van der Waals surface area contributed by atoms with Gasteiger partial charge in [-0.2, -0.15) is 36.5 Å². The van der Waals surface area contributed by atoms with Gasteiger partial charge in [0, 0.05) is 66.6 Å². The Kier molecular flexibility index (Phi) is 11.3. The van der Waals surface area contributed by atoms with Crippen LogP contribution in [0.2, 0.25) is 0 Å². The van der Waals surface area contributed by atoms with Crippen LogP contribution in [0.3, 0.4) is 0 Å². The van der Waals surface area contributed by atoms with Gasteiger partial charge in [-0.25, -0.2) is 9.67 Å². The number of alkyl halides is 6. The number of benzene rings is 4. The van der Waals surface area contributed by atoms with Crippen LogP contribution in [-0.4, -0.2) is 79.7 Å². The molecule has 2 aliphatic rings. The van der Waals surface area contributed by atoms with E-state index in [1.165, 1.54) is 43.3 Å². The van der Waals surface area contributed by atoms with Crippen LogP contribution in [-0.2, 0) is 30.2 Å². The first-order valence-corrected chi connectivity index (χ1v) is 21.0. The van der Waals surface area contributed by atoms with Crippen molar-refractivity contribution in [2.24, 2.45) is 11.7 Å². The highest BCUT2D eigenvalue weighted by Crippen LogP contribution is 2.40. The summed E-state index contributed by atoms with van der Waals surface area (Å²) in [5.74, 6) is 1.11. The van der Waals surface area contributed by atoms with Crippen LogP contribution < -0.4 is 31.5 Å². The molecule has 0 saturated carbocycles. The van der Waals surface area contributed by atoms with Gasteiger partial charge in [-0.1, -0.05) is 30.3 Å². The average molecular weight is 911 g/mol. The molecule has 5 heterocycles. The van der Waals surface area contributed by atoms with Crippen LogP contribution in [0.15, 0.2) is 85.3 Å². The van der Waals surface area contributed by atoms with Gasteiger partial charge in [0.25, 0.3) is 0 Å². The molecule has 21 heteroatoms. The van der Waals surface area contributed by atoms with E-state index in [0.717, 1.165) is 34.7 Å². The van der Waals surface area contributed by atoms with Crippen LogP contribution in [0.5, 0.6) is 0 Å². The second-order valence-corrected chi connectivity index (χ2v) is 16.6. The minimum absolute atomic E-state index is 0.0123. The molecule has 3 aromatic heterocycles. The number of nitrogens with one attached hydrogen (secondary N) is 3. The van der Waals surface area contributed by atoms with E-state index in [2.05, 4.69) is 51.3 Å². The molecule has 1 amide bonds. The van der Waals surface area contributed by atoms with Crippen molar-refractivity contribution >= 4 is 56.3 Å². The Morgan fingerprint density at radius 1 is 0.742 bits per heavy atom. The van der Waals surface area contributed by atoms with Gasteiger partial charge in [-0.3, -0.25) is 4.79 Å². The maximum atomic E-state index is 14.5. The third-order valence-electron chi connectivity index (χ3n) is 12.3. The van der Waals surface area contributed by atoms with Crippen molar-refractivity contribution < 1.29 is 31.1 Å². The first kappa shape index (κ1) is 43.9. The van der Waals surface area contributed by atoms with E-state index in [0.29, 0.717) is 48.9 Å². The zero-order valence-electron chi connectivity index (χ0n) is 36.1. The number of carbonyl (C=O) groups is 1. The largest absolute Gasteiger partial charge is 0.416 e. The monoisotopic (exact) mass is 910 g/mol. The zero-order chi connectivity index (χ0) is 46.7. The standard InChI is InChI=1S/C45H44F6N14O/c1-24-30(7-5-9-35(24)44(46,47)48)38(52)56-42-34-18-29(64-20-27(21-64)43(66)62(3)4)13-14-32(34)40(60-61-42)57-39(31-8-6-10-36(25(31)2)45(49,50)51)58-41-33-17-28(12-11-26(33)19-54-59-41)63-15-16-65-37(22-63)53-23-55-65/h5-14,17-19,23,27,38-39H,15-16,20-22,52H2,1-4H3,(H,56,61)(H,57,60)(H,58,59)/t38-,39-/m0/s1. The van der Waals surface area contributed by atoms with Gasteiger partial charge >= 0.3 is 12.4 Å². The lowest BCUT2D eigenvalue weighted by atomic mass is 9.97. The quantitative estimate of drug-likeness (QED) is 0.0738. The van der Waals surface area contributed by atoms with Crippen molar-refractivity contribution in [2.45, 2.75) is 51.6 Å². The predicted octanol–water partition coefficient (Wildman–Crippen LogP) is 7.66. The normalized spacial score (nSPS) is 15.3. The number of halogens is 6. The molecule has 66 heavy (non-hydrogen) atoms. The number of carbonyl (C=O) groups excluding carboxylic acids is 1. The molecule has 15 nitrogen and oxygen atoms in total. The molecule has 0 aliphatic carbocycles. The molecule has 1 fully saturated rings. The zero-order valence-corrected chi connectivity index (χ0v) is 36.1. The predicted molar refractivity (Wildman–Crippen MR) is 237 cm³/mol. The van der Waals surface area contributed by atoms with Gasteiger partial charge in [-0.05, 0) is 78.6 Å². The summed E-state index contributed by atoms with van der Waals surface area (Å²) in [6, 6.07) is 18.8. The first-order chi connectivity index (χ1) is 31.4. The van der Waals surface area contributed by atoms with E-state index in [4.69, 9.17) is 5.73 Å². The molecule has 0 unspecified atom stereocenters. The van der Waals surface area contributed by atoms with Crippen LogP contribution >= 0.6 is 0 Å². The number of hydrogen-bond donors (Lipinski definition) is 4. The number of fused-ring (bicyclic) bond motifs is 3. The number of aromatic nitrogens is 7. The summed E-state index contributed by atoms with van der Waals surface area (Å²) in [7, 11) is 3.39. The summed E-state index contributed by atoms with van der Waals surface area (Å²) in [4.78, 5) is 22.8. The minimum Gasteiger partial charge on any atom is -0.370 e. The van der Waals surface area contributed by atoms with Gasteiger partial charge in [0.15, 0.2) is 17.5 Å². The summed E-state index contributed by atoms with van der Waals surface area (Å²) in [5, 5.41) is 33.9. The second kappa shape index (κ2) is 16.9. The third-order valence-corrected chi connectivity index (χ3v) is 12.3. The number of anilines is 5. The van der Waals surface area contributed by atoms with Crippen LogP contribution in [0.1, 0.15) is 51.5 Å². The van der Waals surface area contributed by atoms with E-state index in [9.17, 15) is 31.1 Å². The Morgan fingerprint density at radius 3 is 2.03 bits per heavy atom. The number of nitrogens with zero attached hydrogens (tertiary/aromatic N) is 10. The van der Waals surface area contributed by atoms with E-state index >= 15 is 0 Å². The van der Waals surface area contributed by atoms with E-state index in [1.54, 1.807) is 38.5 Å². The molecule has 0 bridgehead atoms. The Hall–Kier alpha value is -7.29. The Balaban J connectivity index is 1.12. The Bertz CT molecular complexity index is 2970. The number of amides is 1. The third kappa shape index (κ3) is 8.40. The molecular formula is C45H44F6N14O. The number of nitrogens with two attached hydrogens (primary N) is 1. The van der Waals surface area contributed by atoms with E-state index in [-0.39, 0.29) is 51.5 Å². The van der Waals surface area contributed by atoms with Crippen molar-refractivity contribution in [1.82, 2.24) is 40.1 Å². The summed E-state index contributed by atoms with van der Waals surface area (Å²) in [6.07, 6.45) is -8.46. The fourth-order valence-corrected chi connectivity index (χ4v) is 8.67. The maximum absolute atomic E-state index is 14.5. The van der Waals surface area contributed by atoms with Crippen LogP contribution in [0, 0.1) is 19.8 Å². The van der Waals surface area contributed by atoms with Crippen molar-refractivity contribution in [2.75, 3.05) is 59.5 Å². The van der Waals surface area contributed by atoms with Crippen molar-refractivity contribution in [3.8, 4) is 0 Å². The molecule has 4 aromatic carbocycles. The smallest absolute Gasteiger partial charge is 0.370 e.